The zero-order valence-corrected chi connectivity index (χ0v) is 15.0. The number of nitrogens with zero attached hydrogens (tertiary/aromatic N) is 4. The summed E-state index contributed by atoms with van der Waals surface area (Å²) in [5, 5.41) is 0. The van der Waals surface area contributed by atoms with Gasteiger partial charge in [0.1, 0.15) is 5.52 Å². The Kier molecular flexibility index (Phi) is 4.44. The van der Waals surface area contributed by atoms with Crippen LogP contribution in [0, 0.1) is 6.92 Å². The number of benzene rings is 1. The summed E-state index contributed by atoms with van der Waals surface area (Å²) in [6, 6.07) is 7.27. The van der Waals surface area contributed by atoms with Gasteiger partial charge in [-0.1, -0.05) is 6.07 Å². The van der Waals surface area contributed by atoms with Gasteiger partial charge in [0.05, 0.1) is 11.1 Å². The van der Waals surface area contributed by atoms with Crippen LogP contribution in [-0.2, 0) is 6.18 Å². The van der Waals surface area contributed by atoms with Gasteiger partial charge < -0.3 is 14.2 Å². The SMILES string of the molecule is Cc1ccc2oc(N3CCN(C(=O)c4ccncc4C(F)(F)F)CC3)nc2c1. The molecule has 9 heteroatoms. The van der Waals surface area contributed by atoms with Crippen molar-refractivity contribution in [3.8, 4) is 0 Å². The Bertz CT molecular complexity index is 1020. The average molecular weight is 390 g/mol. The summed E-state index contributed by atoms with van der Waals surface area (Å²) in [4.78, 5) is 23.9. The van der Waals surface area contributed by atoms with Crippen LogP contribution < -0.4 is 4.90 Å². The summed E-state index contributed by atoms with van der Waals surface area (Å²) < 4.78 is 45.2. The quantitative estimate of drug-likeness (QED) is 0.670. The third-order valence-corrected chi connectivity index (χ3v) is 4.73. The van der Waals surface area contributed by atoms with Gasteiger partial charge in [0.15, 0.2) is 5.58 Å². The number of anilines is 1. The van der Waals surface area contributed by atoms with Crippen molar-refractivity contribution in [3.05, 3.63) is 53.3 Å². The maximum absolute atomic E-state index is 13.1. The van der Waals surface area contributed by atoms with Gasteiger partial charge in [0.2, 0.25) is 0 Å². The Labute approximate surface area is 158 Å². The van der Waals surface area contributed by atoms with Gasteiger partial charge in [-0.15, -0.1) is 0 Å². The Morgan fingerprint density at radius 3 is 2.61 bits per heavy atom. The van der Waals surface area contributed by atoms with Gasteiger partial charge in [-0.3, -0.25) is 9.78 Å². The Balaban J connectivity index is 1.49. The van der Waals surface area contributed by atoms with E-state index in [4.69, 9.17) is 4.42 Å². The van der Waals surface area contributed by atoms with E-state index < -0.39 is 17.6 Å². The van der Waals surface area contributed by atoms with E-state index in [1.807, 2.05) is 30.0 Å². The molecule has 0 unspecified atom stereocenters. The van der Waals surface area contributed by atoms with Crippen molar-refractivity contribution in [1.82, 2.24) is 14.9 Å². The van der Waals surface area contributed by atoms with Crippen LogP contribution in [0.2, 0.25) is 0 Å². The lowest BCUT2D eigenvalue weighted by atomic mass is 10.1. The third kappa shape index (κ3) is 3.39. The van der Waals surface area contributed by atoms with Gasteiger partial charge in [-0.25, -0.2) is 0 Å². The Morgan fingerprint density at radius 1 is 1.14 bits per heavy atom. The minimum Gasteiger partial charge on any atom is -0.423 e. The summed E-state index contributed by atoms with van der Waals surface area (Å²) in [6.45, 7) is 3.35. The number of pyridine rings is 1. The van der Waals surface area contributed by atoms with Crippen LogP contribution in [-0.4, -0.2) is 47.0 Å². The molecule has 0 radical (unpaired) electrons. The van der Waals surface area contributed by atoms with E-state index in [1.54, 1.807) is 0 Å². The smallest absolute Gasteiger partial charge is 0.418 e. The number of rotatable bonds is 2. The molecule has 146 valence electrons. The number of fused-ring (bicyclic) bond motifs is 1. The molecule has 1 aromatic carbocycles. The van der Waals surface area contributed by atoms with Crippen molar-refractivity contribution in [1.29, 1.82) is 0 Å². The normalized spacial score (nSPS) is 15.3. The van der Waals surface area contributed by atoms with E-state index in [9.17, 15) is 18.0 Å². The van der Waals surface area contributed by atoms with E-state index in [0.717, 1.165) is 17.1 Å². The highest BCUT2D eigenvalue weighted by atomic mass is 19.4. The van der Waals surface area contributed by atoms with Gasteiger partial charge in [0, 0.05) is 38.6 Å². The van der Waals surface area contributed by atoms with Crippen LogP contribution in [0.5, 0.6) is 0 Å². The molecule has 4 rings (SSSR count). The number of alkyl halides is 3. The van der Waals surface area contributed by atoms with Crippen molar-refractivity contribution in [2.45, 2.75) is 13.1 Å². The highest BCUT2D eigenvalue weighted by molar-refractivity contribution is 5.96. The highest BCUT2D eigenvalue weighted by Crippen LogP contribution is 2.32. The molecule has 28 heavy (non-hydrogen) atoms. The fraction of sp³-hybridized carbons (Fsp3) is 0.316. The number of oxazole rings is 1. The van der Waals surface area contributed by atoms with Gasteiger partial charge >= 0.3 is 6.18 Å². The summed E-state index contributed by atoms with van der Waals surface area (Å²) in [6.07, 6.45) is -2.75. The molecule has 1 fully saturated rings. The topological polar surface area (TPSA) is 62.5 Å². The number of aryl methyl sites for hydroxylation is 1. The number of carbonyl (C=O) groups excluding carboxylic acids is 1. The molecule has 3 heterocycles. The fourth-order valence-corrected chi connectivity index (χ4v) is 3.24. The first kappa shape index (κ1) is 18.3. The highest BCUT2D eigenvalue weighted by Gasteiger charge is 2.37. The lowest BCUT2D eigenvalue weighted by Gasteiger charge is -2.34. The zero-order valence-electron chi connectivity index (χ0n) is 15.0. The van der Waals surface area contributed by atoms with Crippen molar-refractivity contribution in [3.63, 3.8) is 0 Å². The predicted octanol–water partition coefficient (Wildman–Crippen LogP) is 3.51. The van der Waals surface area contributed by atoms with Crippen LogP contribution in [0.3, 0.4) is 0 Å². The van der Waals surface area contributed by atoms with Crippen LogP contribution in [0.1, 0.15) is 21.5 Å². The number of hydrogen-bond acceptors (Lipinski definition) is 5. The number of halogens is 3. The molecule has 0 bridgehead atoms. The van der Waals surface area contributed by atoms with E-state index in [0.29, 0.717) is 30.9 Å². The first-order chi connectivity index (χ1) is 13.3. The molecule has 6 nitrogen and oxygen atoms in total. The Morgan fingerprint density at radius 2 is 1.89 bits per heavy atom. The summed E-state index contributed by atoms with van der Waals surface area (Å²) >= 11 is 0. The van der Waals surface area contributed by atoms with Crippen LogP contribution in [0.15, 0.2) is 41.1 Å². The first-order valence-electron chi connectivity index (χ1n) is 8.75. The lowest BCUT2D eigenvalue weighted by Crippen LogP contribution is -2.49. The second kappa shape index (κ2) is 6.81. The third-order valence-electron chi connectivity index (χ3n) is 4.73. The molecule has 0 spiro atoms. The molecular weight excluding hydrogens is 373 g/mol. The molecule has 0 aliphatic carbocycles. The lowest BCUT2D eigenvalue weighted by molar-refractivity contribution is -0.138. The first-order valence-corrected chi connectivity index (χ1v) is 8.75. The van der Waals surface area contributed by atoms with E-state index in [-0.39, 0.29) is 18.7 Å². The van der Waals surface area contributed by atoms with Crippen LogP contribution in [0.25, 0.3) is 11.1 Å². The molecule has 1 saturated heterocycles. The minimum atomic E-state index is -4.63. The summed E-state index contributed by atoms with van der Waals surface area (Å²) in [5.41, 5.74) is 1.09. The zero-order chi connectivity index (χ0) is 19.9. The molecule has 1 aliphatic heterocycles. The second-order valence-electron chi connectivity index (χ2n) is 6.67. The Hall–Kier alpha value is -3.10. The monoisotopic (exact) mass is 390 g/mol. The standard InChI is InChI=1S/C19H17F3N4O2/c1-12-2-3-16-15(10-12)24-18(28-16)26-8-6-25(7-9-26)17(27)13-4-5-23-11-14(13)19(20,21)22/h2-5,10-11H,6-9H2,1H3. The van der Waals surface area contributed by atoms with E-state index in [2.05, 4.69) is 9.97 Å². The predicted molar refractivity (Wildman–Crippen MR) is 96.1 cm³/mol. The maximum atomic E-state index is 13.1. The van der Waals surface area contributed by atoms with Crippen molar-refractivity contribution >= 4 is 23.0 Å². The summed E-state index contributed by atoms with van der Waals surface area (Å²) in [7, 11) is 0. The van der Waals surface area contributed by atoms with Crippen molar-refractivity contribution < 1.29 is 22.4 Å². The number of hydrogen-bond donors (Lipinski definition) is 0. The molecule has 0 saturated carbocycles. The second-order valence-corrected chi connectivity index (χ2v) is 6.67. The van der Waals surface area contributed by atoms with Gasteiger partial charge in [0.25, 0.3) is 11.9 Å². The molecule has 1 aliphatic rings. The largest absolute Gasteiger partial charge is 0.423 e. The molecular formula is C19H17F3N4O2. The molecule has 2 aromatic heterocycles. The van der Waals surface area contributed by atoms with Gasteiger partial charge in [-0.2, -0.15) is 18.2 Å². The number of aromatic nitrogens is 2. The van der Waals surface area contributed by atoms with Crippen LogP contribution in [0.4, 0.5) is 19.2 Å². The molecule has 0 N–H and O–H groups in total. The fourth-order valence-electron chi connectivity index (χ4n) is 3.24. The molecule has 3 aromatic rings. The number of piperazine rings is 1. The summed E-state index contributed by atoms with van der Waals surface area (Å²) in [5.74, 6) is -0.650. The molecule has 1 amide bonds. The van der Waals surface area contributed by atoms with Crippen molar-refractivity contribution in [2.75, 3.05) is 31.1 Å². The number of carbonyl (C=O) groups is 1. The number of amides is 1. The minimum absolute atomic E-state index is 0.274. The van der Waals surface area contributed by atoms with E-state index >= 15 is 0 Å². The maximum Gasteiger partial charge on any atom is 0.418 e. The van der Waals surface area contributed by atoms with Gasteiger partial charge in [-0.05, 0) is 30.7 Å². The average Bonchev–Trinajstić information content (AvgIpc) is 3.10. The van der Waals surface area contributed by atoms with Crippen molar-refractivity contribution in [2.24, 2.45) is 0 Å². The van der Waals surface area contributed by atoms with Crippen LogP contribution >= 0.6 is 0 Å². The molecule has 0 atom stereocenters. The van der Waals surface area contributed by atoms with E-state index in [1.165, 1.54) is 11.1 Å².